The van der Waals surface area contributed by atoms with Crippen molar-refractivity contribution in [2.45, 2.75) is 6.10 Å². The molecule has 0 spiro atoms. The van der Waals surface area contributed by atoms with E-state index in [1.807, 2.05) is 6.07 Å². The van der Waals surface area contributed by atoms with Crippen molar-refractivity contribution in [2.75, 3.05) is 6.54 Å². The molecule has 0 saturated carbocycles. The number of hydrogen-bond donors (Lipinski definition) is 2. The molecular formula is C8H10NO3S-. The van der Waals surface area contributed by atoms with Crippen LogP contribution in [0.15, 0.2) is 30.3 Å². The summed E-state index contributed by atoms with van der Waals surface area (Å²) in [4.78, 5) is 0. The van der Waals surface area contributed by atoms with Crippen molar-refractivity contribution in [3.8, 4) is 0 Å². The van der Waals surface area contributed by atoms with Gasteiger partial charge in [0.15, 0.2) is 0 Å². The zero-order valence-corrected chi connectivity index (χ0v) is 7.66. The largest absolute Gasteiger partial charge is 0.760 e. The second-order valence-corrected chi connectivity index (χ2v) is 3.27. The lowest BCUT2D eigenvalue weighted by atomic mass is 10.1. The fraction of sp³-hybridized carbons (Fsp3) is 0.250. The standard InChI is InChI=1S/C8H11NO3S/c10-8(6-9-13(11)12)7-4-2-1-3-5-7/h1-5,8-10H,6H2,(H,11,12)/p-1. The van der Waals surface area contributed by atoms with Gasteiger partial charge in [0.2, 0.25) is 0 Å². The van der Waals surface area contributed by atoms with Crippen LogP contribution in [0.1, 0.15) is 11.7 Å². The van der Waals surface area contributed by atoms with Crippen LogP contribution in [0.4, 0.5) is 0 Å². The lowest BCUT2D eigenvalue weighted by Crippen LogP contribution is -2.23. The summed E-state index contributed by atoms with van der Waals surface area (Å²) in [5.41, 5.74) is 0.695. The smallest absolute Gasteiger partial charge is 0.0924 e. The molecule has 0 saturated heterocycles. The zero-order chi connectivity index (χ0) is 9.68. The molecule has 0 aliphatic carbocycles. The molecule has 2 unspecified atom stereocenters. The van der Waals surface area contributed by atoms with Crippen molar-refractivity contribution in [1.29, 1.82) is 0 Å². The maximum Gasteiger partial charge on any atom is 0.0924 e. The van der Waals surface area contributed by atoms with E-state index in [4.69, 9.17) is 0 Å². The minimum atomic E-state index is -2.32. The molecule has 5 heteroatoms. The third-order valence-corrected chi connectivity index (χ3v) is 1.98. The highest BCUT2D eigenvalue weighted by atomic mass is 32.2. The summed E-state index contributed by atoms with van der Waals surface area (Å²) in [5.74, 6) is 0. The summed E-state index contributed by atoms with van der Waals surface area (Å²) in [5, 5.41) is 9.43. The Morgan fingerprint density at radius 2 is 2.08 bits per heavy atom. The molecule has 0 fully saturated rings. The van der Waals surface area contributed by atoms with Crippen LogP contribution in [0.5, 0.6) is 0 Å². The molecule has 13 heavy (non-hydrogen) atoms. The van der Waals surface area contributed by atoms with Crippen LogP contribution in [0.25, 0.3) is 0 Å². The lowest BCUT2D eigenvalue weighted by Gasteiger charge is -2.12. The molecule has 0 bridgehead atoms. The average molecular weight is 200 g/mol. The number of hydrogen-bond acceptors (Lipinski definition) is 3. The molecule has 2 atom stereocenters. The van der Waals surface area contributed by atoms with Crippen molar-refractivity contribution in [3.05, 3.63) is 35.9 Å². The van der Waals surface area contributed by atoms with Crippen LogP contribution >= 0.6 is 0 Å². The molecule has 0 amide bonds. The molecule has 1 rings (SSSR count). The first-order valence-electron chi connectivity index (χ1n) is 3.76. The highest BCUT2D eigenvalue weighted by Crippen LogP contribution is 2.10. The van der Waals surface area contributed by atoms with Gasteiger partial charge in [-0.25, -0.2) is 4.72 Å². The molecule has 2 N–H and O–H groups in total. The Labute approximate surface area is 79.0 Å². The Bertz CT molecular complexity index is 278. The first-order chi connectivity index (χ1) is 6.20. The van der Waals surface area contributed by atoms with Crippen LogP contribution in [-0.4, -0.2) is 20.4 Å². The number of benzene rings is 1. The number of nitrogens with one attached hydrogen (secondary N) is 1. The summed E-state index contributed by atoms with van der Waals surface area (Å²) < 4.78 is 22.3. The van der Waals surface area contributed by atoms with E-state index >= 15 is 0 Å². The fourth-order valence-electron chi connectivity index (χ4n) is 0.940. The summed E-state index contributed by atoms with van der Waals surface area (Å²) in [6.45, 7) is 0.000123. The van der Waals surface area contributed by atoms with Crippen LogP contribution in [0, 0.1) is 0 Å². The minimum Gasteiger partial charge on any atom is -0.760 e. The van der Waals surface area contributed by atoms with Gasteiger partial charge in [-0.15, -0.1) is 0 Å². The third kappa shape index (κ3) is 3.65. The molecule has 72 valence electrons. The van der Waals surface area contributed by atoms with Gasteiger partial charge in [-0.05, 0) is 5.56 Å². The fourth-order valence-corrected chi connectivity index (χ4v) is 1.23. The summed E-state index contributed by atoms with van der Waals surface area (Å²) in [6.07, 6.45) is -0.793. The van der Waals surface area contributed by atoms with E-state index < -0.39 is 17.4 Å². The Morgan fingerprint density at radius 1 is 1.46 bits per heavy atom. The third-order valence-electron chi connectivity index (χ3n) is 1.58. The van der Waals surface area contributed by atoms with Gasteiger partial charge in [0.25, 0.3) is 0 Å². The van der Waals surface area contributed by atoms with E-state index in [9.17, 15) is 13.9 Å². The molecule has 0 radical (unpaired) electrons. The predicted molar refractivity (Wildman–Crippen MR) is 48.3 cm³/mol. The van der Waals surface area contributed by atoms with Crippen molar-refractivity contribution >= 4 is 11.3 Å². The van der Waals surface area contributed by atoms with Crippen molar-refractivity contribution in [3.63, 3.8) is 0 Å². The topological polar surface area (TPSA) is 72.4 Å². The average Bonchev–Trinajstić information content (AvgIpc) is 2.15. The Hall–Kier alpha value is -0.750. The number of aliphatic hydroxyl groups excluding tert-OH is 1. The quantitative estimate of drug-likeness (QED) is 0.677. The van der Waals surface area contributed by atoms with Gasteiger partial charge in [0.05, 0.1) is 6.10 Å². The summed E-state index contributed by atoms with van der Waals surface area (Å²) in [6, 6.07) is 8.87. The van der Waals surface area contributed by atoms with Gasteiger partial charge in [0.1, 0.15) is 0 Å². The Balaban J connectivity index is 2.49. The molecule has 0 aliphatic heterocycles. The van der Waals surface area contributed by atoms with Gasteiger partial charge in [-0.3, -0.25) is 4.21 Å². The van der Waals surface area contributed by atoms with Crippen molar-refractivity contribution in [1.82, 2.24) is 4.72 Å². The maximum absolute atomic E-state index is 10.1. The predicted octanol–water partition coefficient (Wildman–Crippen LogP) is 0.104. The van der Waals surface area contributed by atoms with Crippen LogP contribution in [-0.2, 0) is 11.3 Å². The molecule has 1 aromatic carbocycles. The van der Waals surface area contributed by atoms with Crippen LogP contribution in [0.2, 0.25) is 0 Å². The maximum atomic E-state index is 10.1. The Kier molecular flexibility index (Phi) is 4.04. The van der Waals surface area contributed by atoms with E-state index in [0.717, 1.165) is 0 Å². The van der Waals surface area contributed by atoms with Crippen molar-refractivity contribution < 1.29 is 13.9 Å². The monoisotopic (exact) mass is 200 g/mol. The van der Waals surface area contributed by atoms with Crippen LogP contribution in [0.3, 0.4) is 0 Å². The SMILES string of the molecule is O=S([O-])NCC(O)c1ccccc1. The lowest BCUT2D eigenvalue weighted by molar-refractivity contribution is 0.181. The van der Waals surface area contributed by atoms with E-state index in [2.05, 4.69) is 4.72 Å². The van der Waals surface area contributed by atoms with Gasteiger partial charge < -0.3 is 9.66 Å². The van der Waals surface area contributed by atoms with E-state index in [-0.39, 0.29) is 6.54 Å². The summed E-state index contributed by atoms with van der Waals surface area (Å²) >= 11 is -2.32. The van der Waals surface area contributed by atoms with E-state index in [1.54, 1.807) is 24.3 Å². The highest BCUT2D eigenvalue weighted by molar-refractivity contribution is 7.77. The molecule has 0 aliphatic rings. The van der Waals surface area contributed by atoms with Gasteiger partial charge in [-0.2, -0.15) is 0 Å². The zero-order valence-electron chi connectivity index (χ0n) is 6.84. The second kappa shape index (κ2) is 5.08. The number of aliphatic hydroxyl groups is 1. The second-order valence-electron chi connectivity index (χ2n) is 2.51. The molecule has 0 aromatic heterocycles. The first kappa shape index (κ1) is 10.3. The highest BCUT2D eigenvalue weighted by Gasteiger charge is 2.04. The van der Waals surface area contributed by atoms with E-state index in [0.29, 0.717) is 5.56 Å². The Morgan fingerprint density at radius 3 is 2.62 bits per heavy atom. The minimum absolute atomic E-state index is 0.000123. The van der Waals surface area contributed by atoms with E-state index in [1.165, 1.54) is 0 Å². The molecular weight excluding hydrogens is 190 g/mol. The molecule has 4 nitrogen and oxygen atoms in total. The normalized spacial score (nSPS) is 15.2. The first-order valence-corrected chi connectivity index (χ1v) is 4.83. The number of rotatable bonds is 4. The van der Waals surface area contributed by atoms with Gasteiger partial charge in [0, 0.05) is 17.8 Å². The molecule has 0 heterocycles. The van der Waals surface area contributed by atoms with Gasteiger partial charge in [-0.1, -0.05) is 30.3 Å². The summed E-state index contributed by atoms with van der Waals surface area (Å²) in [7, 11) is 0. The van der Waals surface area contributed by atoms with Crippen LogP contribution < -0.4 is 4.72 Å². The van der Waals surface area contributed by atoms with Crippen molar-refractivity contribution in [2.24, 2.45) is 0 Å². The molecule has 1 aromatic rings. The van der Waals surface area contributed by atoms with Gasteiger partial charge >= 0.3 is 0 Å².